The number of imidazole rings is 1. The molecule has 3 aromatic heterocycles. The van der Waals surface area contributed by atoms with Gasteiger partial charge >= 0.3 is 0 Å². The van der Waals surface area contributed by atoms with Gasteiger partial charge in [0.2, 0.25) is 0 Å². The summed E-state index contributed by atoms with van der Waals surface area (Å²) >= 11 is 0. The number of amides is 1. The van der Waals surface area contributed by atoms with Crippen LogP contribution in [0, 0.1) is 5.82 Å². The van der Waals surface area contributed by atoms with Crippen LogP contribution in [0.25, 0.3) is 28.0 Å². The van der Waals surface area contributed by atoms with Crippen LogP contribution in [-0.4, -0.2) is 20.3 Å². The Kier molecular flexibility index (Phi) is 3.50. The molecule has 0 saturated carbocycles. The van der Waals surface area contributed by atoms with Gasteiger partial charge in [0.25, 0.3) is 5.91 Å². The normalized spacial score (nSPS) is 10.9. The van der Waals surface area contributed by atoms with E-state index < -0.39 is 5.91 Å². The first-order chi connectivity index (χ1) is 12.1. The first-order valence-corrected chi connectivity index (χ1v) is 7.61. The number of halogens is 1. The maximum absolute atomic E-state index is 13.4. The molecule has 0 unspecified atom stereocenters. The molecule has 0 aliphatic carbocycles. The van der Waals surface area contributed by atoms with Crippen molar-refractivity contribution >= 4 is 11.6 Å². The van der Waals surface area contributed by atoms with E-state index in [1.54, 1.807) is 28.9 Å². The highest BCUT2D eigenvalue weighted by molar-refractivity contribution is 5.99. The van der Waals surface area contributed by atoms with E-state index in [4.69, 9.17) is 5.73 Å². The molecule has 4 rings (SSSR count). The summed E-state index contributed by atoms with van der Waals surface area (Å²) in [5, 5.41) is 0. The number of benzene rings is 1. The summed E-state index contributed by atoms with van der Waals surface area (Å²) in [7, 11) is 0. The van der Waals surface area contributed by atoms with Crippen molar-refractivity contribution in [2.45, 2.75) is 0 Å². The molecular formula is C19H13FN4O. The Hall–Kier alpha value is -3.54. The van der Waals surface area contributed by atoms with Gasteiger partial charge in [-0.3, -0.25) is 9.78 Å². The van der Waals surface area contributed by atoms with Gasteiger partial charge < -0.3 is 10.1 Å². The number of rotatable bonds is 3. The molecule has 1 amide bonds. The minimum atomic E-state index is -0.526. The number of nitrogens with zero attached hydrogens (tertiary/aromatic N) is 3. The van der Waals surface area contributed by atoms with Crippen molar-refractivity contribution in [3.8, 4) is 22.4 Å². The number of carbonyl (C=O) groups excluding carboxylic acids is 1. The maximum atomic E-state index is 13.4. The largest absolute Gasteiger partial charge is 0.365 e. The smallest absolute Gasteiger partial charge is 0.252 e. The fraction of sp³-hybridized carbons (Fsp3) is 0. The van der Waals surface area contributed by atoms with Crippen LogP contribution in [0.2, 0.25) is 0 Å². The molecule has 0 spiro atoms. The highest BCUT2D eigenvalue weighted by atomic mass is 19.1. The zero-order valence-corrected chi connectivity index (χ0v) is 13.1. The van der Waals surface area contributed by atoms with Crippen LogP contribution in [0.1, 0.15) is 10.4 Å². The molecule has 4 aromatic rings. The quantitative estimate of drug-likeness (QED) is 0.625. The third-order valence-corrected chi connectivity index (χ3v) is 3.94. The zero-order chi connectivity index (χ0) is 17.4. The predicted molar refractivity (Wildman–Crippen MR) is 92.3 cm³/mol. The van der Waals surface area contributed by atoms with Crippen LogP contribution >= 0.6 is 0 Å². The second kappa shape index (κ2) is 5.83. The standard InChI is InChI=1S/C19H13FN4O/c20-15-8-14(9-22-10-15)12-3-1-4-13(7-12)17-11-24-6-2-5-16(18(21)25)19(24)23-17/h1-11H,(H2,21,25). The van der Waals surface area contributed by atoms with E-state index in [1.165, 1.54) is 12.3 Å². The number of nitrogens with two attached hydrogens (primary N) is 1. The molecule has 0 saturated heterocycles. The molecule has 0 atom stereocenters. The van der Waals surface area contributed by atoms with Gasteiger partial charge in [-0.05, 0) is 29.8 Å². The van der Waals surface area contributed by atoms with E-state index in [9.17, 15) is 9.18 Å². The van der Waals surface area contributed by atoms with E-state index >= 15 is 0 Å². The Morgan fingerprint density at radius 2 is 1.88 bits per heavy atom. The number of hydrogen-bond acceptors (Lipinski definition) is 3. The van der Waals surface area contributed by atoms with Gasteiger partial charge in [0, 0.05) is 29.7 Å². The number of hydrogen-bond donors (Lipinski definition) is 1. The van der Waals surface area contributed by atoms with Crippen molar-refractivity contribution in [3.05, 3.63) is 78.6 Å². The molecule has 0 aliphatic rings. The van der Waals surface area contributed by atoms with E-state index in [0.29, 0.717) is 22.5 Å². The van der Waals surface area contributed by atoms with Gasteiger partial charge in [-0.1, -0.05) is 18.2 Å². The molecule has 1 aromatic carbocycles. The Labute approximate surface area is 142 Å². The lowest BCUT2D eigenvalue weighted by molar-refractivity contribution is 0.100. The molecule has 5 nitrogen and oxygen atoms in total. The number of fused-ring (bicyclic) bond motifs is 1. The minimum Gasteiger partial charge on any atom is -0.365 e. The van der Waals surface area contributed by atoms with Crippen LogP contribution in [0.4, 0.5) is 4.39 Å². The summed E-state index contributed by atoms with van der Waals surface area (Å²) in [6, 6.07) is 12.4. The van der Waals surface area contributed by atoms with E-state index in [0.717, 1.165) is 11.1 Å². The van der Waals surface area contributed by atoms with Gasteiger partial charge in [-0.15, -0.1) is 0 Å². The Morgan fingerprint density at radius 3 is 2.68 bits per heavy atom. The first-order valence-electron chi connectivity index (χ1n) is 7.61. The fourth-order valence-electron chi connectivity index (χ4n) is 2.77. The molecule has 3 heterocycles. The summed E-state index contributed by atoms with van der Waals surface area (Å²) in [5.74, 6) is -0.913. The molecule has 0 radical (unpaired) electrons. The van der Waals surface area contributed by atoms with Gasteiger partial charge in [-0.2, -0.15) is 0 Å². The summed E-state index contributed by atoms with van der Waals surface area (Å²) < 4.78 is 15.2. The number of primary amides is 1. The van der Waals surface area contributed by atoms with Gasteiger partial charge in [-0.25, -0.2) is 9.37 Å². The summed E-state index contributed by atoms with van der Waals surface area (Å²) in [5.41, 5.74) is 9.33. The molecule has 0 bridgehead atoms. The van der Waals surface area contributed by atoms with E-state index in [1.807, 2.05) is 30.5 Å². The van der Waals surface area contributed by atoms with Crippen molar-refractivity contribution in [1.29, 1.82) is 0 Å². The van der Waals surface area contributed by atoms with Gasteiger partial charge in [0.1, 0.15) is 11.5 Å². The SMILES string of the molecule is NC(=O)c1cccn2cc(-c3cccc(-c4cncc(F)c4)c3)nc12. The van der Waals surface area contributed by atoms with Gasteiger partial charge in [0.05, 0.1) is 17.5 Å². The van der Waals surface area contributed by atoms with Crippen LogP contribution in [0.3, 0.4) is 0 Å². The van der Waals surface area contributed by atoms with Crippen LogP contribution in [-0.2, 0) is 0 Å². The monoisotopic (exact) mass is 332 g/mol. The highest BCUT2D eigenvalue weighted by Crippen LogP contribution is 2.26. The average Bonchev–Trinajstić information content (AvgIpc) is 3.06. The second-order valence-electron chi connectivity index (χ2n) is 5.62. The zero-order valence-electron chi connectivity index (χ0n) is 13.1. The molecule has 25 heavy (non-hydrogen) atoms. The highest BCUT2D eigenvalue weighted by Gasteiger charge is 2.12. The number of aromatic nitrogens is 3. The molecular weight excluding hydrogens is 319 g/mol. The average molecular weight is 332 g/mol. The Bertz CT molecular complexity index is 1100. The lowest BCUT2D eigenvalue weighted by Gasteiger charge is -2.03. The fourth-order valence-corrected chi connectivity index (χ4v) is 2.77. The van der Waals surface area contributed by atoms with Crippen LogP contribution in [0.5, 0.6) is 0 Å². The lowest BCUT2D eigenvalue weighted by atomic mass is 10.0. The molecule has 0 aliphatic heterocycles. The summed E-state index contributed by atoms with van der Waals surface area (Å²) in [4.78, 5) is 20.0. The Balaban J connectivity index is 1.83. The van der Waals surface area contributed by atoms with Crippen molar-refractivity contribution in [3.63, 3.8) is 0 Å². The third-order valence-electron chi connectivity index (χ3n) is 3.94. The third kappa shape index (κ3) is 2.74. The van der Waals surface area contributed by atoms with Crippen LogP contribution < -0.4 is 5.73 Å². The van der Waals surface area contributed by atoms with Crippen molar-refractivity contribution in [2.75, 3.05) is 0 Å². The maximum Gasteiger partial charge on any atom is 0.252 e. The second-order valence-corrected chi connectivity index (χ2v) is 5.62. The predicted octanol–water partition coefficient (Wildman–Crippen LogP) is 3.30. The topological polar surface area (TPSA) is 73.3 Å². The van der Waals surface area contributed by atoms with Crippen molar-refractivity contribution in [1.82, 2.24) is 14.4 Å². The van der Waals surface area contributed by atoms with Gasteiger partial charge in [0.15, 0.2) is 0 Å². The molecule has 122 valence electrons. The van der Waals surface area contributed by atoms with Crippen LogP contribution in [0.15, 0.2) is 67.3 Å². The number of carbonyl (C=O) groups is 1. The first kappa shape index (κ1) is 15.0. The lowest BCUT2D eigenvalue weighted by Crippen LogP contribution is -2.12. The summed E-state index contributed by atoms with van der Waals surface area (Å²) in [6.07, 6.45) is 6.40. The molecule has 6 heteroatoms. The van der Waals surface area contributed by atoms with E-state index in [-0.39, 0.29) is 5.82 Å². The number of pyridine rings is 2. The van der Waals surface area contributed by atoms with Crippen molar-refractivity contribution < 1.29 is 9.18 Å². The minimum absolute atomic E-state index is 0.360. The molecule has 2 N–H and O–H groups in total. The van der Waals surface area contributed by atoms with Crippen molar-refractivity contribution in [2.24, 2.45) is 5.73 Å². The Morgan fingerprint density at radius 1 is 1.04 bits per heavy atom. The summed E-state index contributed by atoms with van der Waals surface area (Å²) in [6.45, 7) is 0. The molecule has 0 fully saturated rings. The van der Waals surface area contributed by atoms with E-state index in [2.05, 4.69) is 9.97 Å².